The predicted molar refractivity (Wildman–Crippen MR) is 129 cm³/mol. The van der Waals surface area contributed by atoms with Crippen molar-refractivity contribution in [2.45, 2.75) is 18.6 Å². The Morgan fingerprint density at radius 3 is 2.56 bits per heavy atom. The summed E-state index contributed by atoms with van der Waals surface area (Å²) in [6, 6.07) is 15.9. The van der Waals surface area contributed by atoms with E-state index < -0.39 is 12.1 Å². The lowest BCUT2D eigenvalue weighted by molar-refractivity contribution is -0.132. The number of amides is 3. The molecule has 3 amide bonds. The maximum Gasteiger partial charge on any atom is 0.253 e. The molecule has 2 saturated heterocycles. The Morgan fingerprint density at radius 2 is 1.82 bits per heavy atom. The molecule has 0 bridgehead atoms. The van der Waals surface area contributed by atoms with Crippen LogP contribution in [0.4, 0.5) is 11.4 Å². The molecule has 0 aromatic heterocycles. The van der Waals surface area contributed by atoms with E-state index in [1.165, 1.54) is 11.0 Å². The third-order valence-corrected chi connectivity index (χ3v) is 5.74. The van der Waals surface area contributed by atoms with E-state index in [9.17, 15) is 19.5 Å². The number of hydrogen-bond acceptors (Lipinski definition) is 5. The first-order chi connectivity index (χ1) is 16.5. The fraction of sp³-hybridized carbons (Fsp3) is 0.269. The molecular weight excluding hydrogens is 434 g/mol. The highest BCUT2D eigenvalue weighted by Gasteiger charge is 2.38. The number of morpholine rings is 1. The first-order valence-electron chi connectivity index (χ1n) is 11.2. The summed E-state index contributed by atoms with van der Waals surface area (Å²) in [5, 5.41) is 12.9. The van der Waals surface area contributed by atoms with Gasteiger partial charge < -0.3 is 25.0 Å². The van der Waals surface area contributed by atoms with Crippen molar-refractivity contribution in [3.8, 4) is 0 Å². The van der Waals surface area contributed by atoms with Crippen molar-refractivity contribution in [1.82, 2.24) is 4.90 Å². The molecule has 2 heterocycles. The number of hydrogen-bond donors (Lipinski definition) is 2. The second-order valence-electron chi connectivity index (χ2n) is 8.16. The molecule has 2 atom stereocenters. The number of β-amino-alcohol motifs (C(OH)–C–C–N with tert-alkyl or cyclic N) is 1. The van der Waals surface area contributed by atoms with Crippen LogP contribution in [0.25, 0.3) is 6.08 Å². The first kappa shape index (κ1) is 23.4. The molecule has 8 heteroatoms. The number of allylic oxidation sites excluding steroid dienone is 2. The smallest absolute Gasteiger partial charge is 0.253 e. The lowest BCUT2D eigenvalue weighted by Gasteiger charge is -2.27. The lowest BCUT2D eigenvalue weighted by atomic mass is 10.1. The molecule has 2 aromatic rings. The number of aliphatic hydroxyl groups excluding tert-OH is 1. The lowest BCUT2D eigenvalue weighted by Crippen LogP contribution is -2.42. The summed E-state index contributed by atoms with van der Waals surface area (Å²) < 4.78 is 5.15. The number of ether oxygens (including phenoxy) is 1. The Morgan fingerprint density at radius 1 is 1.06 bits per heavy atom. The fourth-order valence-electron chi connectivity index (χ4n) is 4.01. The topological polar surface area (TPSA) is 99.2 Å². The van der Waals surface area contributed by atoms with Crippen molar-refractivity contribution in [1.29, 1.82) is 0 Å². The van der Waals surface area contributed by atoms with E-state index >= 15 is 0 Å². The number of nitrogens with one attached hydrogen (secondary N) is 1. The summed E-state index contributed by atoms with van der Waals surface area (Å²) in [4.78, 5) is 40.6. The van der Waals surface area contributed by atoms with Crippen LogP contribution in [-0.4, -0.2) is 66.2 Å². The highest BCUT2D eigenvalue weighted by atomic mass is 16.5. The zero-order chi connectivity index (χ0) is 23.9. The summed E-state index contributed by atoms with van der Waals surface area (Å²) in [5.41, 5.74) is 2.29. The maximum atomic E-state index is 12.9. The van der Waals surface area contributed by atoms with Crippen LogP contribution in [-0.2, 0) is 19.1 Å². The van der Waals surface area contributed by atoms with Gasteiger partial charge in [0.05, 0.1) is 12.7 Å². The molecule has 0 saturated carbocycles. The summed E-state index contributed by atoms with van der Waals surface area (Å²) in [5.74, 6) is -0.812. The van der Waals surface area contributed by atoms with Gasteiger partial charge in [0.1, 0.15) is 12.6 Å². The van der Waals surface area contributed by atoms with Gasteiger partial charge in [-0.2, -0.15) is 0 Å². The van der Waals surface area contributed by atoms with Gasteiger partial charge in [0.15, 0.2) is 0 Å². The summed E-state index contributed by atoms with van der Waals surface area (Å²) in [6.07, 6.45) is 6.07. The van der Waals surface area contributed by atoms with Crippen molar-refractivity contribution in [2.75, 3.05) is 36.5 Å². The van der Waals surface area contributed by atoms with E-state index in [4.69, 9.17) is 4.74 Å². The van der Waals surface area contributed by atoms with Crippen LogP contribution in [0.2, 0.25) is 0 Å². The standard InChI is InChI=1S/C26H27N3O5/c30-22-16-23(29(17-22)24(31)9-5-4-8-19-6-2-1-3-7-19)26(33)27-20-10-12-21(13-11-20)28-14-15-34-18-25(28)32/h1-13,22-23,30H,14-18H2,(H,27,33)/t22-,23-/m1/s1. The number of anilines is 2. The van der Waals surface area contributed by atoms with E-state index in [1.807, 2.05) is 36.4 Å². The van der Waals surface area contributed by atoms with Crippen LogP contribution in [0.3, 0.4) is 0 Å². The van der Waals surface area contributed by atoms with Crippen LogP contribution in [0.1, 0.15) is 12.0 Å². The molecule has 0 radical (unpaired) electrons. The van der Waals surface area contributed by atoms with Crippen molar-refractivity contribution in [3.05, 3.63) is 78.4 Å². The van der Waals surface area contributed by atoms with E-state index in [-0.39, 0.29) is 37.3 Å². The number of aliphatic hydroxyl groups is 1. The molecule has 2 aliphatic heterocycles. The van der Waals surface area contributed by atoms with Gasteiger partial charge in [-0.05, 0) is 29.8 Å². The highest BCUT2D eigenvalue weighted by molar-refractivity contribution is 6.00. The Labute approximate surface area is 198 Å². The molecular formula is C26H27N3O5. The molecule has 8 nitrogen and oxygen atoms in total. The molecule has 0 aliphatic carbocycles. The predicted octanol–water partition coefficient (Wildman–Crippen LogP) is 2.22. The third kappa shape index (κ3) is 5.78. The van der Waals surface area contributed by atoms with Crippen LogP contribution in [0.15, 0.2) is 72.8 Å². The Bertz CT molecular complexity index is 1080. The normalized spacial score (nSPS) is 20.9. The molecule has 176 valence electrons. The molecule has 2 N–H and O–H groups in total. The molecule has 4 rings (SSSR count). The van der Waals surface area contributed by atoms with Gasteiger partial charge in [0.25, 0.3) is 5.91 Å². The summed E-state index contributed by atoms with van der Waals surface area (Å²) >= 11 is 0. The van der Waals surface area contributed by atoms with Gasteiger partial charge >= 0.3 is 0 Å². The van der Waals surface area contributed by atoms with E-state index in [2.05, 4.69) is 5.32 Å². The number of carbonyl (C=O) groups excluding carboxylic acids is 3. The van der Waals surface area contributed by atoms with Crippen LogP contribution in [0.5, 0.6) is 0 Å². The van der Waals surface area contributed by atoms with Gasteiger partial charge in [0, 0.05) is 37.0 Å². The average molecular weight is 462 g/mol. The van der Waals surface area contributed by atoms with Gasteiger partial charge in [-0.25, -0.2) is 0 Å². The molecule has 0 spiro atoms. The second kappa shape index (κ2) is 10.9. The van der Waals surface area contributed by atoms with Crippen LogP contribution in [0, 0.1) is 0 Å². The number of nitrogens with zero attached hydrogens (tertiary/aromatic N) is 2. The van der Waals surface area contributed by atoms with Crippen molar-refractivity contribution >= 4 is 35.2 Å². The van der Waals surface area contributed by atoms with Gasteiger partial charge in [-0.3, -0.25) is 14.4 Å². The quantitative estimate of drug-likeness (QED) is 0.508. The van der Waals surface area contributed by atoms with E-state index in [1.54, 1.807) is 41.3 Å². The highest BCUT2D eigenvalue weighted by Crippen LogP contribution is 2.23. The Hall–Kier alpha value is -3.75. The van der Waals surface area contributed by atoms with Crippen molar-refractivity contribution in [3.63, 3.8) is 0 Å². The number of rotatable bonds is 6. The number of likely N-dealkylation sites (tertiary alicyclic amines) is 1. The van der Waals surface area contributed by atoms with Gasteiger partial charge in [-0.1, -0.05) is 48.6 Å². The first-order valence-corrected chi connectivity index (χ1v) is 11.2. The van der Waals surface area contributed by atoms with E-state index in [0.29, 0.717) is 18.8 Å². The van der Waals surface area contributed by atoms with Gasteiger partial charge in [-0.15, -0.1) is 0 Å². The summed E-state index contributed by atoms with van der Waals surface area (Å²) in [7, 11) is 0. The number of carbonyl (C=O) groups is 3. The maximum absolute atomic E-state index is 12.9. The minimum atomic E-state index is -0.772. The van der Waals surface area contributed by atoms with Crippen molar-refractivity contribution in [2.24, 2.45) is 0 Å². The third-order valence-electron chi connectivity index (χ3n) is 5.74. The number of benzene rings is 2. The van der Waals surface area contributed by atoms with Gasteiger partial charge in [0.2, 0.25) is 11.8 Å². The minimum absolute atomic E-state index is 0.0584. The van der Waals surface area contributed by atoms with Crippen LogP contribution >= 0.6 is 0 Å². The zero-order valence-electron chi connectivity index (χ0n) is 18.7. The SMILES string of the molecule is O=C(Nc1ccc(N2CCOCC2=O)cc1)[C@H]1C[C@@H](O)CN1C(=O)C=CC=Cc1ccccc1. The minimum Gasteiger partial charge on any atom is -0.391 e. The molecule has 2 aliphatic rings. The largest absolute Gasteiger partial charge is 0.391 e. The fourth-order valence-corrected chi connectivity index (χ4v) is 4.01. The molecule has 2 fully saturated rings. The molecule has 2 aromatic carbocycles. The van der Waals surface area contributed by atoms with E-state index in [0.717, 1.165) is 11.3 Å². The Balaban J connectivity index is 1.36. The monoisotopic (exact) mass is 461 g/mol. The molecule has 34 heavy (non-hydrogen) atoms. The second-order valence-corrected chi connectivity index (χ2v) is 8.16. The van der Waals surface area contributed by atoms with Crippen LogP contribution < -0.4 is 10.2 Å². The summed E-state index contributed by atoms with van der Waals surface area (Å²) in [6.45, 7) is 1.12. The Kier molecular flexibility index (Phi) is 7.51. The molecule has 0 unspecified atom stereocenters. The average Bonchev–Trinajstić information content (AvgIpc) is 3.25. The zero-order valence-corrected chi connectivity index (χ0v) is 18.7. The van der Waals surface area contributed by atoms with Crippen molar-refractivity contribution < 1.29 is 24.2 Å².